The van der Waals surface area contributed by atoms with Gasteiger partial charge in [0.1, 0.15) is 5.82 Å². The van der Waals surface area contributed by atoms with Gasteiger partial charge in [0.25, 0.3) is 0 Å². The summed E-state index contributed by atoms with van der Waals surface area (Å²) in [4.78, 5) is 2.35. The maximum atomic E-state index is 13.2. The van der Waals surface area contributed by atoms with Crippen LogP contribution in [0.4, 0.5) is 4.39 Å². The molecule has 0 saturated carbocycles. The van der Waals surface area contributed by atoms with E-state index >= 15 is 0 Å². The van der Waals surface area contributed by atoms with Crippen molar-refractivity contribution >= 4 is 11.3 Å². The average molecular weight is 235 g/mol. The first-order chi connectivity index (χ1) is 7.61. The molecule has 1 aromatic heterocycles. The van der Waals surface area contributed by atoms with Gasteiger partial charge in [0.2, 0.25) is 0 Å². The van der Waals surface area contributed by atoms with Crippen LogP contribution in [0.5, 0.6) is 0 Å². The molecular weight excluding hydrogens is 221 g/mol. The molecule has 1 nitrogen and oxygen atoms in total. The Balaban J connectivity index is 2.49. The van der Waals surface area contributed by atoms with Crippen molar-refractivity contribution in [3.05, 3.63) is 46.1 Å². The van der Waals surface area contributed by atoms with Crippen molar-refractivity contribution in [2.75, 3.05) is 0 Å². The fourth-order valence-corrected chi connectivity index (χ4v) is 2.77. The number of thiophene rings is 1. The molecule has 0 radical (unpaired) electrons. The van der Waals surface area contributed by atoms with Gasteiger partial charge in [-0.05, 0) is 48.7 Å². The van der Waals surface area contributed by atoms with E-state index in [1.807, 2.05) is 12.1 Å². The minimum Gasteiger partial charge on any atom is -0.326 e. The molecule has 0 aliphatic rings. The van der Waals surface area contributed by atoms with Crippen LogP contribution in [0.3, 0.4) is 0 Å². The molecule has 2 aromatic rings. The molecule has 3 heteroatoms. The molecule has 0 bridgehead atoms. The van der Waals surface area contributed by atoms with E-state index in [9.17, 15) is 4.39 Å². The molecule has 2 N–H and O–H groups in total. The molecule has 84 valence electrons. The molecule has 1 aromatic carbocycles. The van der Waals surface area contributed by atoms with Crippen LogP contribution in [0.25, 0.3) is 10.4 Å². The molecule has 0 fully saturated rings. The number of aryl methyl sites for hydroxylation is 2. The average Bonchev–Trinajstić information content (AvgIpc) is 2.64. The fraction of sp³-hybridized carbons (Fsp3) is 0.231. The highest BCUT2D eigenvalue weighted by molar-refractivity contribution is 7.15. The second-order valence-corrected chi connectivity index (χ2v) is 5.03. The normalized spacial score (nSPS) is 10.8. The molecule has 0 saturated heterocycles. The number of rotatable bonds is 2. The highest BCUT2D eigenvalue weighted by Gasteiger charge is 2.08. The van der Waals surface area contributed by atoms with E-state index < -0.39 is 0 Å². The Morgan fingerprint density at radius 1 is 1.19 bits per heavy atom. The van der Waals surface area contributed by atoms with Gasteiger partial charge < -0.3 is 5.73 Å². The molecule has 0 unspecified atom stereocenters. The van der Waals surface area contributed by atoms with E-state index in [1.54, 1.807) is 18.3 Å². The Morgan fingerprint density at radius 2 is 1.94 bits per heavy atom. The van der Waals surface area contributed by atoms with Gasteiger partial charge in [-0.15, -0.1) is 11.3 Å². The van der Waals surface area contributed by atoms with Crippen molar-refractivity contribution in [3.63, 3.8) is 0 Å². The molecule has 0 aliphatic carbocycles. The lowest BCUT2D eigenvalue weighted by Crippen LogP contribution is -1.91. The largest absolute Gasteiger partial charge is 0.326 e. The van der Waals surface area contributed by atoms with Crippen molar-refractivity contribution in [1.29, 1.82) is 0 Å². The standard InChI is InChI=1S/C13H14FNS/c1-8-5-10(3-4-12(8)14)13-9(2)6-11(7-15)16-13/h3-6H,7,15H2,1-2H3. The zero-order valence-corrected chi connectivity index (χ0v) is 10.2. The zero-order chi connectivity index (χ0) is 11.7. The Bertz CT molecular complexity index is 517. The van der Waals surface area contributed by atoms with Crippen LogP contribution in [0, 0.1) is 19.7 Å². The smallest absolute Gasteiger partial charge is 0.126 e. The van der Waals surface area contributed by atoms with E-state index in [1.165, 1.54) is 16.5 Å². The fourth-order valence-electron chi connectivity index (χ4n) is 1.72. The highest BCUT2D eigenvalue weighted by atomic mass is 32.1. The van der Waals surface area contributed by atoms with Crippen LogP contribution < -0.4 is 5.73 Å². The van der Waals surface area contributed by atoms with Crippen molar-refractivity contribution in [2.45, 2.75) is 20.4 Å². The van der Waals surface area contributed by atoms with Crippen molar-refractivity contribution in [3.8, 4) is 10.4 Å². The van der Waals surface area contributed by atoms with Crippen molar-refractivity contribution in [2.24, 2.45) is 5.73 Å². The summed E-state index contributed by atoms with van der Waals surface area (Å²) in [5.41, 5.74) is 8.57. The Morgan fingerprint density at radius 3 is 2.50 bits per heavy atom. The van der Waals surface area contributed by atoms with Gasteiger partial charge in [-0.1, -0.05) is 6.07 Å². The summed E-state index contributed by atoms with van der Waals surface area (Å²) in [6, 6.07) is 7.32. The number of halogens is 1. The summed E-state index contributed by atoms with van der Waals surface area (Å²) in [6.07, 6.45) is 0. The summed E-state index contributed by atoms with van der Waals surface area (Å²) in [6.45, 7) is 4.40. The first kappa shape index (κ1) is 11.3. The Hall–Kier alpha value is -1.19. The zero-order valence-electron chi connectivity index (χ0n) is 9.38. The first-order valence-electron chi connectivity index (χ1n) is 5.17. The predicted octanol–water partition coefficient (Wildman–Crippen LogP) is 3.63. The number of nitrogens with two attached hydrogens (primary N) is 1. The van der Waals surface area contributed by atoms with E-state index in [2.05, 4.69) is 13.0 Å². The third kappa shape index (κ3) is 2.01. The summed E-state index contributed by atoms with van der Waals surface area (Å²) < 4.78 is 13.2. The van der Waals surface area contributed by atoms with Crippen LogP contribution >= 0.6 is 11.3 Å². The van der Waals surface area contributed by atoms with E-state index in [0.29, 0.717) is 12.1 Å². The Labute approximate surface area is 98.7 Å². The third-order valence-electron chi connectivity index (χ3n) is 2.59. The molecule has 1 heterocycles. The van der Waals surface area contributed by atoms with Gasteiger partial charge in [0.15, 0.2) is 0 Å². The summed E-state index contributed by atoms with van der Waals surface area (Å²) in [5.74, 6) is -0.156. The van der Waals surface area contributed by atoms with Gasteiger partial charge in [0.05, 0.1) is 0 Å². The van der Waals surface area contributed by atoms with Crippen LogP contribution in [-0.2, 0) is 6.54 Å². The molecule has 0 amide bonds. The number of hydrogen-bond donors (Lipinski definition) is 1. The van der Waals surface area contributed by atoms with Gasteiger partial charge in [0, 0.05) is 16.3 Å². The molecule has 0 aliphatic heterocycles. The third-order valence-corrected chi connectivity index (χ3v) is 3.90. The lowest BCUT2D eigenvalue weighted by molar-refractivity contribution is 0.619. The van der Waals surface area contributed by atoms with Crippen molar-refractivity contribution < 1.29 is 4.39 Å². The Kier molecular flexibility index (Phi) is 3.08. The minimum absolute atomic E-state index is 0.156. The summed E-state index contributed by atoms with van der Waals surface area (Å²) in [5, 5.41) is 0. The molecule has 2 rings (SSSR count). The maximum Gasteiger partial charge on any atom is 0.126 e. The predicted molar refractivity (Wildman–Crippen MR) is 67.1 cm³/mol. The van der Waals surface area contributed by atoms with Crippen LogP contribution in [0.15, 0.2) is 24.3 Å². The summed E-state index contributed by atoms with van der Waals surface area (Å²) >= 11 is 1.68. The van der Waals surface area contributed by atoms with E-state index in [0.717, 1.165) is 10.4 Å². The number of benzene rings is 1. The van der Waals surface area contributed by atoms with E-state index in [-0.39, 0.29) is 5.82 Å². The van der Waals surface area contributed by atoms with Gasteiger partial charge in [-0.25, -0.2) is 4.39 Å². The van der Waals surface area contributed by atoms with Crippen LogP contribution in [-0.4, -0.2) is 0 Å². The topological polar surface area (TPSA) is 26.0 Å². The second kappa shape index (κ2) is 4.36. The maximum absolute atomic E-state index is 13.2. The van der Waals surface area contributed by atoms with Gasteiger partial charge >= 0.3 is 0 Å². The SMILES string of the molecule is Cc1cc(-c2sc(CN)cc2C)ccc1F. The van der Waals surface area contributed by atoms with Crippen LogP contribution in [0.2, 0.25) is 0 Å². The summed E-state index contributed by atoms with van der Waals surface area (Å²) in [7, 11) is 0. The molecular formula is C13H14FNS. The monoisotopic (exact) mass is 235 g/mol. The quantitative estimate of drug-likeness (QED) is 0.845. The first-order valence-corrected chi connectivity index (χ1v) is 5.99. The van der Waals surface area contributed by atoms with Crippen LogP contribution in [0.1, 0.15) is 16.0 Å². The van der Waals surface area contributed by atoms with Crippen molar-refractivity contribution in [1.82, 2.24) is 0 Å². The molecule has 0 atom stereocenters. The van der Waals surface area contributed by atoms with E-state index in [4.69, 9.17) is 5.73 Å². The molecule has 16 heavy (non-hydrogen) atoms. The number of hydrogen-bond acceptors (Lipinski definition) is 2. The highest BCUT2D eigenvalue weighted by Crippen LogP contribution is 2.32. The van der Waals surface area contributed by atoms with Gasteiger partial charge in [-0.3, -0.25) is 0 Å². The minimum atomic E-state index is -0.156. The van der Waals surface area contributed by atoms with Gasteiger partial charge in [-0.2, -0.15) is 0 Å². The lowest BCUT2D eigenvalue weighted by Gasteiger charge is -2.02. The molecule has 0 spiro atoms. The second-order valence-electron chi connectivity index (χ2n) is 3.89. The lowest BCUT2D eigenvalue weighted by atomic mass is 10.1.